The minimum Gasteiger partial charge on any atom is -0.361 e. The molecule has 2 aromatic carbocycles. The summed E-state index contributed by atoms with van der Waals surface area (Å²) in [5.41, 5.74) is 2.86. The van der Waals surface area contributed by atoms with Crippen LogP contribution in [-0.2, 0) is 17.6 Å². The van der Waals surface area contributed by atoms with Crippen LogP contribution in [0, 0.1) is 11.7 Å². The van der Waals surface area contributed by atoms with E-state index in [9.17, 15) is 14.0 Å². The molecule has 1 aromatic heterocycles. The Kier molecular flexibility index (Phi) is 6.87. The van der Waals surface area contributed by atoms with Gasteiger partial charge in [0.15, 0.2) is 5.69 Å². The lowest BCUT2D eigenvalue weighted by Gasteiger charge is -2.23. The van der Waals surface area contributed by atoms with Crippen molar-refractivity contribution < 1.29 is 18.5 Å². The first-order valence-corrected chi connectivity index (χ1v) is 11.3. The number of likely N-dealkylation sites (N-methyl/N-ethyl adjacent to an activating group) is 1. The second kappa shape index (κ2) is 9.98. The first kappa shape index (κ1) is 22.7. The van der Waals surface area contributed by atoms with Gasteiger partial charge in [-0.05, 0) is 41.7 Å². The first-order valence-electron chi connectivity index (χ1n) is 11.3. The summed E-state index contributed by atoms with van der Waals surface area (Å²) in [6.45, 7) is 3.20. The largest absolute Gasteiger partial charge is 0.361 e. The fourth-order valence-corrected chi connectivity index (χ4v) is 4.31. The van der Waals surface area contributed by atoms with E-state index in [-0.39, 0.29) is 29.9 Å². The predicted octanol–water partition coefficient (Wildman–Crippen LogP) is 4.21. The number of benzene rings is 2. The maximum atomic E-state index is 13.8. The van der Waals surface area contributed by atoms with Crippen LogP contribution in [0.1, 0.15) is 35.2 Å². The topological polar surface area (TPSA) is 66.7 Å². The van der Waals surface area contributed by atoms with E-state index < -0.39 is 5.92 Å². The van der Waals surface area contributed by atoms with Gasteiger partial charge < -0.3 is 14.3 Å². The van der Waals surface area contributed by atoms with E-state index >= 15 is 0 Å². The minimum absolute atomic E-state index is 0.00818. The van der Waals surface area contributed by atoms with Crippen molar-refractivity contribution in [3.63, 3.8) is 0 Å². The van der Waals surface area contributed by atoms with Crippen LogP contribution in [0.15, 0.2) is 59.1 Å². The molecule has 7 heteroatoms. The van der Waals surface area contributed by atoms with Gasteiger partial charge in [0.1, 0.15) is 11.6 Å². The number of aryl methyl sites for hydroxylation is 1. The molecule has 33 heavy (non-hydrogen) atoms. The molecule has 0 bridgehead atoms. The monoisotopic (exact) mass is 449 g/mol. The Labute approximate surface area is 193 Å². The Morgan fingerprint density at radius 2 is 1.97 bits per heavy atom. The lowest BCUT2D eigenvalue weighted by molar-refractivity contribution is -0.133. The lowest BCUT2D eigenvalue weighted by atomic mass is 9.91. The summed E-state index contributed by atoms with van der Waals surface area (Å²) in [6, 6.07) is 15.8. The number of nitrogens with zero attached hydrogens (tertiary/aromatic N) is 3. The molecule has 4 rings (SSSR count). The normalized spacial score (nSPS) is 16.7. The highest BCUT2D eigenvalue weighted by molar-refractivity contribution is 5.93. The molecule has 1 saturated heterocycles. The molecule has 3 aromatic rings. The van der Waals surface area contributed by atoms with Crippen molar-refractivity contribution in [2.75, 3.05) is 26.7 Å². The molecule has 172 valence electrons. The molecule has 6 nitrogen and oxygen atoms in total. The Morgan fingerprint density at radius 3 is 2.76 bits per heavy atom. The molecule has 1 aliphatic heterocycles. The summed E-state index contributed by atoms with van der Waals surface area (Å²) in [5.74, 6) is -0.277. The third kappa shape index (κ3) is 5.13. The quantitative estimate of drug-likeness (QED) is 0.566. The van der Waals surface area contributed by atoms with Gasteiger partial charge in [-0.25, -0.2) is 4.39 Å². The smallest absolute Gasteiger partial charge is 0.276 e. The number of amides is 2. The van der Waals surface area contributed by atoms with Crippen LogP contribution in [0.3, 0.4) is 0 Å². The molecule has 0 unspecified atom stereocenters. The van der Waals surface area contributed by atoms with Crippen LogP contribution < -0.4 is 0 Å². The van der Waals surface area contributed by atoms with Gasteiger partial charge in [0.05, 0.1) is 5.92 Å². The average molecular weight is 450 g/mol. The Bertz CT molecular complexity index is 1140. The standard InChI is InChI=1S/C26H28FN3O3/c1-3-7-22-16-24(28-33-22)26(32)30-13-12-29(2)25(31)20(17-30)14-18-8-4-5-11-23(18)19-9-6-10-21(27)15-19/h4-6,8-11,15-16,20H,3,7,12-14,17H2,1-2H3/t20-/m1/s1. The van der Waals surface area contributed by atoms with Crippen LogP contribution in [0.4, 0.5) is 4.39 Å². The van der Waals surface area contributed by atoms with Gasteiger partial charge in [0.2, 0.25) is 5.91 Å². The summed E-state index contributed by atoms with van der Waals surface area (Å²) in [7, 11) is 1.76. The van der Waals surface area contributed by atoms with Crippen molar-refractivity contribution in [3.8, 4) is 11.1 Å². The maximum absolute atomic E-state index is 13.8. The Morgan fingerprint density at radius 1 is 1.15 bits per heavy atom. The summed E-state index contributed by atoms with van der Waals surface area (Å²) < 4.78 is 19.1. The van der Waals surface area contributed by atoms with Gasteiger partial charge in [-0.3, -0.25) is 9.59 Å². The third-order valence-corrected chi connectivity index (χ3v) is 6.05. The maximum Gasteiger partial charge on any atom is 0.276 e. The fourth-order valence-electron chi connectivity index (χ4n) is 4.31. The van der Waals surface area contributed by atoms with Crippen LogP contribution in [0.2, 0.25) is 0 Å². The van der Waals surface area contributed by atoms with Crippen LogP contribution in [0.25, 0.3) is 11.1 Å². The highest BCUT2D eigenvalue weighted by Gasteiger charge is 2.32. The van der Waals surface area contributed by atoms with E-state index in [2.05, 4.69) is 5.16 Å². The van der Waals surface area contributed by atoms with Gasteiger partial charge >= 0.3 is 0 Å². The summed E-state index contributed by atoms with van der Waals surface area (Å²) >= 11 is 0. The zero-order valence-corrected chi connectivity index (χ0v) is 19.0. The highest BCUT2D eigenvalue weighted by Crippen LogP contribution is 2.28. The molecular formula is C26H28FN3O3. The number of aromatic nitrogens is 1. The van der Waals surface area contributed by atoms with E-state index in [0.29, 0.717) is 25.3 Å². The van der Waals surface area contributed by atoms with E-state index in [1.807, 2.05) is 37.3 Å². The summed E-state index contributed by atoms with van der Waals surface area (Å²) in [5, 5.41) is 3.95. The van der Waals surface area contributed by atoms with Crippen molar-refractivity contribution in [2.45, 2.75) is 26.2 Å². The molecule has 0 aliphatic carbocycles. The second-order valence-corrected chi connectivity index (χ2v) is 8.51. The first-order chi connectivity index (χ1) is 16.0. The average Bonchev–Trinajstić information content (AvgIpc) is 3.23. The second-order valence-electron chi connectivity index (χ2n) is 8.51. The van der Waals surface area contributed by atoms with Crippen LogP contribution in [-0.4, -0.2) is 53.5 Å². The Balaban J connectivity index is 1.59. The predicted molar refractivity (Wildman–Crippen MR) is 123 cm³/mol. The molecule has 2 heterocycles. The third-order valence-electron chi connectivity index (χ3n) is 6.05. The van der Waals surface area contributed by atoms with E-state index in [1.165, 1.54) is 12.1 Å². The molecule has 0 radical (unpaired) electrons. The fraction of sp³-hybridized carbons (Fsp3) is 0.346. The van der Waals surface area contributed by atoms with Crippen molar-refractivity contribution in [3.05, 3.63) is 77.4 Å². The van der Waals surface area contributed by atoms with E-state index in [4.69, 9.17) is 4.52 Å². The SMILES string of the molecule is CCCc1cc(C(=O)N2CCN(C)C(=O)[C@H](Cc3ccccc3-c3cccc(F)c3)C2)no1. The lowest BCUT2D eigenvalue weighted by Crippen LogP contribution is -2.37. The van der Waals surface area contributed by atoms with Crippen molar-refractivity contribution in [1.82, 2.24) is 15.0 Å². The van der Waals surface area contributed by atoms with Gasteiger partial charge in [0, 0.05) is 39.2 Å². The molecular weight excluding hydrogens is 421 g/mol. The summed E-state index contributed by atoms with van der Waals surface area (Å²) in [6.07, 6.45) is 2.07. The number of carbonyl (C=O) groups is 2. The van der Waals surface area contributed by atoms with Gasteiger partial charge in [-0.2, -0.15) is 0 Å². The zero-order chi connectivity index (χ0) is 23.4. The van der Waals surface area contributed by atoms with Crippen molar-refractivity contribution >= 4 is 11.8 Å². The molecule has 0 N–H and O–H groups in total. The molecule has 0 spiro atoms. The van der Waals surface area contributed by atoms with Gasteiger partial charge in [0.25, 0.3) is 5.91 Å². The van der Waals surface area contributed by atoms with Gasteiger partial charge in [-0.1, -0.05) is 48.5 Å². The number of hydrogen-bond acceptors (Lipinski definition) is 4. The van der Waals surface area contributed by atoms with Crippen LogP contribution >= 0.6 is 0 Å². The number of rotatable bonds is 6. The molecule has 0 saturated carbocycles. The van der Waals surface area contributed by atoms with Crippen LogP contribution in [0.5, 0.6) is 0 Å². The molecule has 2 amide bonds. The molecule has 1 atom stereocenters. The minimum atomic E-state index is -0.418. The van der Waals surface area contributed by atoms with E-state index in [0.717, 1.165) is 29.5 Å². The summed E-state index contributed by atoms with van der Waals surface area (Å²) in [4.78, 5) is 29.6. The van der Waals surface area contributed by atoms with Gasteiger partial charge in [-0.15, -0.1) is 0 Å². The van der Waals surface area contributed by atoms with Crippen molar-refractivity contribution in [1.29, 1.82) is 0 Å². The number of halogens is 1. The highest BCUT2D eigenvalue weighted by atomic mass is 19.1. The molecule has 1 fully saturated rings. The number of carbonyl (C=O) groups excluding carboxylic acids is 2. The van der Waals surface area contributed by atoms with E-state index in [1.54, 1.807) is 29.0 Å². The Hall–Kier alpha value is -3.48. The molecule has 1 aliphatic rings. The zero-order valence-electron chi connectivity index (χ0n) is 19.0. The number of hydrogen-bond donors (Lipinski definition) is 0. The van der Waals surface area contributed by atoms with Crippen molar-refractivity contribution in [2.24, 2.45) is 5.92 Å².